The van der Waals surface area contributed by atoms with Gasteiger partial charge in [0.1, 0.15) is 5.75 Å². The van der Waals surface area contributed by atoms with E-state index in [9.17, 15) is 5.11 Å². The van der Waals surface area contributed by atoms with Gasteiger partial charge in [0.05, 0.1) is 12.7 Å². The van der Waals surface area contributed by atoms with Crippen LogP contribution in [0.2, 0.25) is 0 Å². The number of methoxy groups -OCH3 is 1. The van der Waals surface area contributed by atoms with Crippen LogP contribution in [0.25, 0.3) is 0 Å². The second-order valence-corrected chi connectivity index (χ2v) is 6.98. The van der Waals surface area contributed by atoms with Crippen LogP contribution in [0.4, 0.5) is 5.95 Å². The van der Waals surface area contributed by atoms with Crippen LogP contribution in [0.15, 0.2) is 24.3 Å². The molecule has 5 heteroatoms. The van der Waals surface area contributed by atoms with E-state index in [1.807, 2.05) is 26.0 Å². The number of hydrogen-bond donors (Lipinski definition) is 2. The van der Waals surface area contributed by atoms with Crippen LogP contribution in [-0.2, 0) is 6.42 Å². The molecule has 5 nitrogen and oxygen atoms in total. The van der Waals surface area contributed by atoms with E-state index in [-0.39, 0.29) is 0 Å². The Balaban J connectivity index is 1.64. The maximum absolute atomic E-state index is 10.2. The first-order chi connectivity index (χ1) is 12.0. The Morgan fingerprint density at radius 2 is 1.76 bits per heavy atom. The standard InChI is InChI=1S/C20H27N3O2/c1-14-18(13-16-5-7-17(25-3)8-6-16)15(2)23-19(22-14)21-12-11-20(24)9-4-10-20/h5-8,24H,4,9-13H2,1-3H3,(H,21,22,23). The summed E-state index contributed by atoms with van der Waals surface area (Å²) < 4.78 is 5.21. The Bertz CT molecular complexity index is 701. The fourth-order valence-corrected chi connectivity index (χ4v) is 3.26. The van der Waals surface area contributed by atoms with E-state index in [1.165, 1.54) is 5.56 Å². The molecule has 3 rings (SSSR count). The van der Waals surface area contributed by atoms with Gasteiger partial charge in [0.25, 0.3) is 0 Å². The van der Waals surface area contributed by atoms with Crippen LogP contribution in [0.1, 0.15) is 48.2 Å². The summed E-state index contributed by atoms with van der Waals surface area (Å²) in [6.45, 7) is 4.75. The molecule has 1 aromatic carbocycles. The van der Waals surface area contributed by atoms with E-state index in [4.69, 9.17) is 4.74 Å². The third-order valence-electron chi connectivity index (χ3n) is 5.12. The number of nitrogens with zero attached hydrogens (tertiary/aromatic N) is 2. The van der Waals surface area contributed by atoms with Gasteiger partial charge < -0.3 is 15.2 Å². The number of hydrogen-bond acceptors (Lipinski definition) is 5. The summed E-state index contributed by atoms with van der Waals surface area (Å²) >= 11 is 0. The molecule has 2 N–H and O–H groups in total. The fraction of sp³-hybridized carbons (Fsp3) is 0.500. The Kier molecular flexibility index (Phi) is 5.23. The highest BCUT2D eigenvalue weighted by Gasteiger charge is 2.33. The Labute approximate surface area is 149 Å². The van der Waals surface area contributed by atoms with Gasteiger partial charge in [-0.15, -0.1) is 0 Å². The van der Waals surface area contributed by atoms with Gasteiger partial charge in [0, 0.05) is 24.4 Å². The van der Waals surface area contributed by atoms with E-state index in [0.29, 0.717) is 12.5 Å². The molecule has 1 heterocycles. The Hall–Kier alpha value is -2.14. The predicted octanol–water partition coefficient (Wildman–Crippen LogP) is 3.41. The molecule has 0 radical (unpaired) electrons. The number of ether oxygens (including phenoxy) is 1. The molecule has 1 fully saturated rings. The Morgan fingerprint density at radius 1 is 1.12 bits per heavy atom. The molecule has 0 amide bonds. The van der Waals surface area contributed by atoms with Crippen molar-refractivity contribution in [1.29, 1.82) is 0 Å². The van der Waals surface area contributed by atoms with E-state index >= 15 is 0 Å². The molecule has 0 unspecified atom stereocenters. The van der Waals surface area contributed by atoms with Crippen LogP contribution >= 0.6 is 0 Å². The van der Waals surface area contributed by atoms with Crippen molar-refractivity contribution in [3.8, 4) is 5.75 Å². The minimum absolute atomic E-state index is 0.467. The summed E-state index contributed by atoms with van der Waals surface area (Å²) in [5, 5.41) is 13.4. The molecule has 0 saturated heterocycles. The lowest BCUT2D eigenvalue weighted by molar-refractivity contribution is -0.0370. The highest BCUT2D eigenvalue weighted by atomic mass is 16.5. The Morgan fingerprint density at radius 3 is 2.28 bits per heavy atom. The van der Waals surface area contributed by atoms with Gasteiger partial charge >= 0.3 is 0 Å². The molecule has 1 aliphatic rings. The smallest absolute Gasteiger partial charge is 0.223 e. The van der Waals surface area contributed by atoms with Crippen LogP contribution in [0.3, 0.4) is 0 Å². The van der Waals surface area contributed by atoms with E-state index in [0.717, 1.165) is 54.8 Å². The van der Waals surface area contributed by atoms with Gasteiger partial charge in [0.2, 0.25) is 5.95 Å². The number of nitrogens with one attached hydrogen (secondary N) is 1. The summed E-state index contributed by atoms with van der Waals surface area (Å²) in [5.74, 6) is 1.51. The molecular formula is C20H27N3O2. The largest absolute Gasteiger partial charge is 0.497 e. The average Bonchev–Trinajstić information content (AvgIpc) is 2.57. The van der Waals surface area contributed by atoms with Gasteiger partial charge in [-0.05, 0) is 62.8 Å². The molecule has 134 valence electrons. The normalized spacial score (nSPS) is 15.5. The van der Waals surface area contributed by atoms with Crippen molar-refractivity contribution in [2.24, 2.45) is 0 Å². The van der Waals surface area contributed by atoms with Crippen LogP contribution in [0.5, 0.6) is 5.75 Å². The maximum Gasteiger partial charge on any atom is 0.223 e. The number of rotatable bonds is 7. The van der Waals surface area contributed by atoms with E-state index < -0.39 is 5.60 Å². The van der Waals surface area contributed by atoms with Gasteiger partial charge in [0.15, 0.2) is 0 Å². The summed E-state index contributed by atoms with van der Waals surface area (Å²) in [6.07, 6.45) is 4.51. The first-order valence-corrected chi connectivity index (χ1v) is 8.92. The maximum atomic E-state index is 10.2. The van der Waals surface area contributed by atoms with E-state index in [2.05, 4.69) is 27.4 Å². The number of aliphatic hydroxyl groups is 1. The van der Waals surface area contributed by atoms with Crippen LogP contribution < -0.4 is 10.1 Å². The first kappa shape index (κ1) is 17.7. The second-order valence-electron chi connectivity index (χ2n) is 6.98. The summed E-state index contributed by atoms with van der Waals surface area (Å²) in [7, 11) is 1.67. The topological polar surface area (TPSA) is 67.3 Å². The van der Waals surface area contributed by atoms with Crippen molar-refractivity contribution in [3.05, 3.63) is 46.8 Å². The lowest BCUT2D eigenvalue weighted by Gasteiger charge is -2.36. The predicted molar refractivity (Wildman–Crippen MR) is 99.2 cm³/mol. The van der Waals surface area contributed by atoms with Crippen molar-refractivity contribution >= 4 is 5.95 Å². The fourth-order valence-electron chi connectivity index (χ4n) is 3.26. The molecule has 25 heavy (non-hydrogen) atoms. The van der Waals surface area contributed by atoms with Crippen molar-refractivity contribution in [2.75, 3.05) is 19.0 Å². The van der Waals surface area contributed by atoms with Gasteiger partial charge in [-0.3, -0.25) is 0 Å². The number of anilines is 1. The minimum Gasteiger partial charge on any atom is -0.497 e. The number of benzene rings is 1. The number of aromatic nitrogens is 2. The second kappa shape index (κ2) is 7.40. The summed E-state index contributed by atoms with van der Waals surface area (Å²) in [6, 6.07) is 8.09. The van der Waals surface area contributed by atoms with Gasteiger partial charge in [-0.25, -0.2) is 9.97 Å². The van der Waals surface area contributed by atoms with Crippen molar-refractivity contribution in [1.82, 2.24) is 9.97 Å². The lowest BCUT2D eigenvalue weighted by Crippen LogP contribution is -2.38. The highest BCUT2D eigenvalue weighted by Crippen LogP contribution is 2.34. The number of aryl methyl sites for hydroxylation is 2. The molecular weight excluding hydrogens is 314 g/mol. The zero-order valence-corrected chi connectivity index (χ0v) is 15.3. The van der Waals surface area contributed by atoms with E-state index in [1.54, 1.807) is 7.11 Å². The first-order valence-electron chi connectivity index (χ1n) is 8.92. The summed E-state index contributed by atoms with van der Waals surface area (Å²) in [4.78, 5) is 9.20. The molecule has 1 aromatic heterocycles. The quantitative estimate of drug-likeness (QED) is 0.808. The monoisotopic (exact) mass is 341 g/mol. The molecule has 1 aliphatic carbocycles. The zero-order valence-electron chi connectivity index (χ0n) is 15.3. The minimum atomic E-state index is -0.467. The van der Waals surface area contributed by atoms with Crippen molar-refractivity contribution in [3.63, 3.8) is 0 Å². The molecule has 2 aromatic rings. The van der Waals surface area contributed by atoms with Gasteiger partial charge in [-0.2, -0.15) is 0 Å². The van der Waals surface area contributed by atoms with Crippen molar-refractivity contribution < 1.29 is 9.84 Å². The third-order valence-corrected chi connectivity index (χ3v) is 5.12. The lowest BCUT2D eigenvalue weighted by atomic mass is 9.78. The average molecular weight is 341 g/mol. The molecule has 0 atom stereocenters. The molecule has 0 spiro atoms. The zero-order chi connectivity index (χ0) is 17.9. The molecule has 1 saturated carbocycles. The van der Waals surface area contributed by atoms with Crippen molar-refractivity contribution in [2.45, 2.75) is 51.6 Å². The molecule has 0 bridgehead atoms. The SMILES string of the molecule is COc1ccc(Cc2c(C)nc(NCCC3(O)CCC3)nc2C)cc1. The third kappa shape index (κ3) is 4.28. The van der Waals surface area contributed by atoms with Gasteiger partial charge in [-0.1, -0.05) is 12.1 Å². The molecule has 0 aliphatic heterocycles. The highest BCUT2D eigenvalue weighted by molar-refractivity contribution is 5.38. The van der Waals surface area contributed by atoms with Crippen LogP contribution in [0, 0.1) is 13.8 Å². The summed E-state index contributed by atoms with van der Waals surface area (Å²) in [5.41, 5.74) is 3.89. The van der Waals surface area contributed by atoms with Crippen LogP contribution in [-0.4, -0.2) is 34.3 Å².